The maximum absolute atomic E-state index is 12.8. The van der Waals surface area contributed by atoms with Crippen LogP contribution < -0.4 is 9.47 Å². The molecule has 0 spiro atoms. The summed E-state index contributed by atoms with van der Waals surface area (Å²) in [5.74, 6) is 0.958. The van der Waals surface area contributed by atoms with Crippen molar-refractivity contribution in [3.8, 4) is 11.5 Å². The minimum Gasteiger partial charge on any atom is -0.493 e. The number of hydrogen-bond acceptors (Lipinski definition) is 5. The molecule has 1 aliphatic rings. The highest BCUT2D eigenvalue weighted by Gasteiger charge is 2.33. The fourth-order valence-electron chi connectivity index (χ4n) is 2.89. The fraction of sp³-hybridized carbons (Fsp3) is 0.579. The molecule has 1 saturated heterocycles. The lowest BCUT2D eigenvalue weighted by Gasteiger charge is -2.27. The van der Waals surface area contributed by atoms with Gasteiger partial charge in [-0.15, -0.1) is 0 Å². The highest BCUT2D eigenvalue weighted by atomic mass is 16.6. The van der Waals surface area contributed by atoms with Gasteiger partial charge in [0, 0.05) is 25.7 Å². The number of benzene rings is 1. The first-order valence-electron chi connectivity index (χ1n) is 8.63. The zero-order valence-corrected chi connectivity index (χ0v) is 16.4. The fourth-order valence-corrected chi connectivity index (χ4v) is 2.89. The Morgan fingerprint density at radius 1 is 1.15 bits per heavy atom. The van der Waals surface area contributed by atoms with Gasteiger partial charge < -0.3 is 24.0 Å². The summed E-state index contributed by atoms with van der Waals surface area (Å²) in [6.45, 7) is 6.55. The molecule has 7 heteroatoms. The van der Waals surface area contributed by atoms with Crippen molar-refractivity contribution < 1.29 is 23.8 Å². The molecule has 26 heavy (non-hydrogen) atoms. The average molecular weight is 364 g/mol. The summed E-state index contributed by atoms with van der Waals surface area (Å²) in [6, 6.07) is 5.03. The smallest absolute Gasteiger partial charge is 0.410 e. The number of amides is 2. The molecule has 0 N–H and O–H groups in total. The maximum atomic E-state index is 12.8. The topological polar surface area (TPSA) is 68.3 Å². The third kappa shape index (κ3) is 4.59. The van der Waals surface area contributed by atoms with Crippen LogP contribution >= 0.6 is 0 Å². The van der Waals surface area contributed by atoms with E-state index in [-0.39, 0.29) is 18.0 Å². The Morgan fingerprint density at radius 3 is 2.38 bits per heavy atom. The lowest BCUT2D eigenvalue weighted by Crippen LogP contribution is -2.41. The molecule has 1 aromatic carbocycles. The largest absolute Gasteiger partial charge is 0.493 e. The molecule has 0 saturated carbocycles. The molecule has 2 rings (SSSR count). The van der Waals surface area contributed by atoms with Crippen molar-refractivity contribution in [3.63, 3.8) is 0 Å². The van der Waals surface area contributed by atoms with E-state index in [0.717, 1.165) is 6.42 Å². The summed E-state index contributed by atoms with van der Waals surface area (Å²) in [4.78, 5) is 28.3. The summed E-state index contributed by atoms with van der Waals surface area (Å²) >= 11 is 0. The van der Waals surface area contributed by atoms with Gasteiger partial charge in [0.25, 0.3) is 5.91 Å². The lowest BCUT2D eigenvalue weighted by molar-refractivity contribution is 0.0279. The highest BCUT2D eigenvalue weighted by molar-refractivity contribution is 5.95. The van der Waals surface area contributed by atoms with Crippen LogP contribution in [0.15, 0.2) is 18.2 Å². The Bertz CT molecular complexity index is 668. The van der Waals surface area contributed by atoms with E-state index in [2.05, 4.69) is 0 Å². The van der Waals surface area contributed by atoms with Gasteiger partial charge in [0.15, 0.2) is 11.5 Å². The van der Waals surface area contributed by atoms with Gasteiger partial charge in [0.2, 0.25) is 0 Å². The quantitative estimate of drug-likeness (QED) is 0.822. The van der Waals surface area contributed by atoms with Gasteiger partial charge in [-0.1, -0.05) is 0 Å². The normalized spacial score (nSPS) is 17.0. The van der Waals surface area contributed by atoms with Crippen LogP contribution in [0.1, 0.15) is 37.6 Å². The van der Waals surface area contributed by atoms with Crippen molar-refractivity contribution in [2.75, 3.05) is 34.4 Å². The molecule has 7 nitrogen and oxygen atoms in total. The summed E-state index contributed by atoms with van der Waals surface area (Å²) in [5.41, 5.74) is -0.0165. The number of nitrogens with zero attached hydrogens (tertiary/aromatic N) is 2. The van der Waals surface area contributed by atoms with Crippen molar-refractivity contribution in [2.45, 2.75) is 38.8 Å². The third-order valence-corrected chi connectivity index (χ3v) is 4.31. The van der Waals surface area contributed by atoms with Gasteiger partial charge >= 0.3 is 6.09 Å². The molecule has 144 valence electrons. The van der Waals surface area contributed by atoms with Crippen molar-refractivity contribution in [1.82, 2.24) is 9.80 Å². The Balaban J connectivity index is 2.04. The number of carbonyl (C=O) groups excluding carboxylic acids is 2. The van der Waals surface area contributed by atoms with Crippen molar-refractivity contribution in [3.05, 3.63) is 23.8 Å². The molecule has 0 aliphatic carbocycles. The van der Waals surface area contributed by atoms with Gasteiger partial charge in [-0.05, 0) is 45.4 Å². The molecular weight excluding hydrogens is 336 g/mol. The average Bonchev–Trinajstić information content (AvgIpc) is 3.08. The molecule has 0 aromatic heterocycles. The number of likely N-dealkylation sites (N-methyl/N-ethyl adjacent to an activating group) is 1. The zero-order valence-electron chi connectivity index (χ0n) is 16.4. The van der Waals surface area contributed by atoms with E-state index in [0.29, 0.717) is 30.2 Å². The van der Waals surface area contributed by atoms with Crippen LogP contribution in [0.5, 0.6) is 11.5 Å². The van der Waals surface area contributed by atoms with E-state index in [1.54, 1.807) is 42.2 Å². The molecule has 1 aliphatic heterocycles. The van der Waals surface area contributed by atoms with Crippen LogP contribution in [-0.4, -0.2) is 67.8 Å². The minimum absolute atomic E-state index is 0.0527. The standard InChI is InChI=1S/C19H28N2O5/c1-19(2,3)26-18(23)21-10-9-14(12-21)20(4)17(22)13-7-8-15(24-5)16(11-13)25-6/h7-8,11,14H,9-10,12H2,1-6H3/t14-/m1/s1. The second kappa shape index (κ2) is 7.85. The summed E-state index contributed by atoms with van der Waals surface area (Å²) in [5, 5.41) is 0. The molecule has 1 heterocycles. The summed E-state index contributed by atoms with van der Waals surface area (Å²) < 4.78 is 15.9. The monoisotopic (exact) mass is 364 g/mol. The number of hydrogen-bond donors (Lipinski definition) is 0. The van der Waals surface area contributed by atoms with E-state index in [1.165, 1.54) is 7.11 Å². The van der Waals surface area contributed by atoms with Crippen LogP contribution in [0, 0.1) is 0 Å². The van der Waals surface area contributed by atoms with Crippen LogP contribution in [0.3, 0.4) is 0 Å². The van der Waals surface area contributed by atoms with E-state index < -0.39 is 5.60 Å². The van der Waals surface area contributed by atoms with E-state index in [9.17, 15) is 9.59 Å². The first kappa shape index (κ1) is 19.9. The number of rotatable bonds is 4. The van der Waals surface area contributed by atoms with Crippen LogP contribution in [0.2, 0.25) is 0 Å². The maximum Gasteiger partial charge on any atom is 0.410 e. The minimum atomic E-state index is -0.531. The Labute approximate surface area is 154 Å². The van der Waals surface area contributed by atoms with Gasteiger partial charge in [-0.25, -0.2) is 4.79 Å². The second-order valence-electron chi connectivity index (χ2n) is 7.35. The van der Waals surface area contributed by atoms with Gasteiger partial charge in [0.1, 0.15) is 5.60 Å². The molecule has 1 fully saturated rings. The number of likely N-dealkylation sites (tertiary alicyclic amines) is 1. The number of methoxy groups -OCH3 is 2. The predicted octanol–water partition coefficient (Wildman–Crippen LogP) is 2.79. The number of ether oxygens (including phenoxy) is 3. The van der Waals surface area contributed by atoms with Gasteiger partial charge in [-0.2, -0.15) is 0 Å². The van der Waals surface area contributed by atoms with Gasteiger partial charge in [0.05, 0.1) is 20.3 Å². The molecule has 0 bridgehead atoms. The summed E-state index contributed by atoms with van der Waals surface area (Å²) in [7, 11) is 4.84. The Kier molecular flexibility index (Phi) is 6.00. The summed E-state index contributed by atoms with van der Waals surface area (Å²) in [6.07, 6.45) is 0.376. The lowest BCUT2D eigenvalue weighted by atomic mass is 10.1. The van der Waals surface area contributed by atoms with Crippen LogP contribution in [0.25, 0.3) is 0 Å². The molecule has 0 unspecified atom stereocenters. The van der Waals surface area contributed by atoms with Crippen LogP contribution in [-0.2, 0) is 4.74 Å². The first-order valence-corrected chi connectivity index (χ1v) is 8.63. The molecule has 1 atom stereocenters. The first-order chi connectivity index (χ1) is 12.2. The van der Waals surface area contributed by atoms with E-state index >= 15 is 0 Å². The van der Waals surface area contributed by atoms with E-state index in [4.69, 9.17) is 14.2 Å². The third-order valence-electron chi connectivity index (χ3n) is 4.31. The second-order valence-corrected chi connectivity index (χ2v) is 7.35. The zero-order chi connectivity index (χ0) is 19.5. The van der Waals surface area contributed by atoms with E-state index in [1.807, 2.05) is 20.8 Å². The van der Waals surface area contributed by atoms with Crippen molar-refractivity contribution >= 4 is 12.0 Å². The molecule has 1 aromatic rings. The Morgan fingerprint density at radius 2 is 1.81 bits per heavy atom. The van der Waals surface area contributed by atoms with Crippen molar-refractivity contribution in [2.24, 2.45) is 0 Å². The van der Waals surface area contributed by atoms with Gasteiger partial charge in [-0.3, -0.25) is 4.79 Å². The predicted molar refractivity (Wildman–Crippen MR) is 97.9 cm³/mol. The Hall–Kier alpha value is -2.44. The number of carbonyl (C=O) groups is 2. The van der Waals surface area contributed by atoms with Crippen LogP contribution in [0.4, 0.5) is 4.79 Å². The molecular formula is C19H28N2O5. The highest BCUT2D eigenvalue weighted by Crippen LogP contribution is 2.28. The SMILES string of the molecule is COc1ccc(C(=O)N(C)[C@@H]2CCN(C(=O)OC(C)(C)C)C2)cc1OC. The molecule has 0 radical (unpaired) electrons. The molecule has 2 amide bonds. The van der Waals surface area contributed by atoms with Crippen molar-refractivity contribution in [1.29, 1.82) is 0 Å².